The Bertz CT molecular complexity index is 230. The molecule has 0 aliphatic carbocycles. The summed E-state index contributed by atoms with van der Waals surface area (Å²) in [5, 5.41) is 17.8. The van der Waals surface area contributed by atoms with Gasteiger partial charge in [0.05, 0.1) is 13.2 Å². The van der Waals surface area contributed by atoms with Gasteiger partial charge in [-0.25, -0.2) is 10.6 Å². The van der Waals surface area contributed by atoms with Crippen LogP contribution in [-0.4, -0.2) is 64.9 Å². The molecule has 0 aromatic heterocycles. The van der Waals surface area contributed by atoms with E-state index < -0.39 is 11.9 Å². The van der Waals surface area contributed by atoms with E-state index in [-0.39, 0.29) is 39.3 Å². The van der Waals surface area contributed by atoms with E-state index >= 15 is 0 Å². The predicted octanol–water partition coefficient (Wildman–Crippen LogP) is -2.56. The van der Waals surface area contributed by atoms with Crippen molar-refractivity contribution in [3.63, 3.8) is 0 Å². The third-order valence-corrected chi connectivity index (χ3v) is 1.84. The molecule has 0 aromatic rings. The molecular formula is C8H18N4O4. The van der Waals surface area contributed by atoms with Crippen LogP contribution in [0.2, 0.25) is 0 Å². The number of hydrogen-bond acceptors (Lipinski definition) is 6. The molecule has 0 aliphatic rings. The minimum Gasteiger partial charge on any atom is -0.395 e. The van der Waals surface area contributed by atoms with E-state index in [4.69, 9.17) is 21.8 Å². The van der Waals surface area contributed by atoms with E-state index in [0.29, 0.717) is 5.01 Å². The van der Waals surface area contributed by atoms with Crippen molar-refractivity contribution >= 4 is 11.9 Å². The molecule has 0 aliphatic heterocycles. The average molecular weight is 234 g/mol. The number of aliphatic hydroxyl groups excluding tert-OH is 2. The lowest BCUT2D eigenvalue weighted by Crippen LogP contribution is -2.51. The molecule has 0 atom stereocenters. The Morgan fingerprint density at radius 3 is 2.00 bits per heavy atom. The summed E-state index contributed by atoms with van der Waals surface area (Å²) in [4.78, 5) is 23.9. The van der Waals surface area contributed by atoms with Crippen molar-refractivity contribution < 1.29 is 19.8 Å². The smallest absolute Gasteiger partial charge is 0.341 e. The quantitative estimate of drug-likeness (QED) is 0.227. The molecule has 0 radical (unpaired) electrons. The summed E-state index contributed by atoms with van der Waals surface area (Å²) in [7, 11) is 0. The van der Waals surface area contributed by atoms with Crippen LogP contribution in [0.25, 0.3) is 0 Å². The van der Waals surface area contributed by atoms with E-state index in [2.05, 4.69) is 0 Å². The highest BCUT2D eigenvalue weighted by atomic mass is 16.3. The number of aliphatic hydroxyl groups is 2. The fourth-order valence-electron chi connectivity index (χ4n) is 1.05. The highest BCUT2D eigenvalue weighted by Crippen LogP contribution is 1.97. The zero-order valence-corrected chi connectivity index (χ0v) is 9.00. The van der Waals surface area contributed by atoms with Crippen molar-refractivity contribution in [3.8, 4) is 0 Å². The van der Waals surface area contributed by atoms with Gasteiger partial charge in [0, 0.05) is 26.1 Å². The summed E-state index contributed by atoms with van der Waals surface area (Å²) in [6, 6.07) is -0.762. The van der Waals surface area contributed by atoms with Gasteiger partial charge in [-0.2, -0.15) is 5.01 Å². The molecule has 0 bridgehead atoms. The van der Waals surface area contributed by atoms with Crippen LogP contribution in [0.1, 0.15) is 6.42 Å². The van der Waals surface area contributed by atoms with Gasteiger partial charge in [0.25, 0.3) is 0 Å². The highest BCUT2D eigenvalue weighted by Gasteiger charge is 2.22. The molecule has 0 saturated heterocycles. The van der Waals surface area contributed by atoms with Gasteiger partial charge in [0.1, 0.15) is 0 Å². The standard InChI is InChI=1S/C8H18N4O4/c9-2-1-7(15)12(10)8(16)11(3-5-13)4-6-14/h13-14H,1-6,9-10H2. The Labute approximate surface area is 93.4 Å². The van der Waals surface area contributed by atoms with Crippen molar-refractivity contribution in [3.05, 3.63) is 0 Å². The number of amides is 3. The van der Waals surface area contributed by atoms with Crippen molar-refractivity contribution in [1.82, 2.24) is 9.91 Å². The van der Waals surface area contributed by atoms with Crippen molar-refractivity contribution in [1.29, 1.82) is 0 Å². The lowest BCUT2D eigenvalue weighted by molar-refractivity contribution is -0.128. The summed E-state index contributed by atoms with van der Waals surface area (Å²) in [6.07, 6.45) is -0.0334. The maximum absolute atomic E-state index is 11.6. The third-order valence-electron chi connectivity index (χ3n) is 1.84. The van der Waals surface area contributed by atoms with Crippen LogP contribution in [0.4, 0.5) is 4.79 Å². The topological polar surface area (TPSA) is 133 Å². The zero-order valence-electron chi connectivity index (χ0n) is 9.00. The number of carbonyl (C=O) groups excluding carboxylic acids is 2. The van der Waals surface area contributed by atoms with E-state index in [1.165, 1.54) is 0 Å². The van der Waals surface area contributed by atoms with Crippen LogP contribution >= 0.6 is 0 Å². The Morgan fingerprint density at radius 2 is 1.62 bits per heavy atom. The normalized spacial score (nSPS) is 10.0. The fourth-order valence-corrected chi connectivity index (χ4v) is 1.05. The van der Waals surface area contributed by atoms with E-state index in [1.54, 1.807) is 0 Å². The van der Waals surface area contributed by atoms with Crippen LogP contribution in [-0.2, 0) is 4.79 Å². The first-order valence-electron chi connectivity index (χ1n) is 4.86. The number of nitrogens with zero attached hydrogens (tertiary/aromatic N) is 2. The van der Waals surface area contributed by atoms with Crippen LogP contribution in [0.15, 0.2) is 0 Å². The summed E-state index contributed by atoms with van der Waals surface area (Å²) in [6.45, 7) is -0.443. The van der Waals surface area contributed by atoms with Crippen LogP contribution in [0.3, 0.4) is 0 Å². The second-order valence-electron chi connectivity index (χ2n) is 3.02. The monoisotopic (exact) mass is 234 g/mol. The summed E-state index contributed by atoms with van der Waals surface area (Å²) >= 11 is 0. The Hall–Kier alpha value is -1.22. The molecule has 8 nitrogen and oxygen atoms in total. The summed E-state index contributed by atoms with van der Waals surface area (Å²) in [5.41, 5.74) is 5.15. The molecule has 0 fully saturated rings. The molecule has 3 amide bonds. The second-order valence-corrected chi connectivity index (χ2v) is 3.02. The van der Waals surface area contributed by atoms with Gasteiger partial charge in [-0.15, -0.1) is 0 Å². The molecule has 94 valence electrons. The average Bonchev–Trinajstić information content (AvgIpc) is 2.27. The maximum Gasteiger partial charge on any atom is 0.341 e. The molecule has 0 aromatic carbocycles. The minimum atomic E-state index is -0.762. The number of carbonyl (C=O) groups is 2. The number of nitrogens with two attached hydrogens (primary N) is 2. The maximum atomic E-state index is 11.6. The summed E-state index contributed by atoms with van der Waals surface area (Å²) < 4.78 is 0. The van der Waals surface area contributed by atoms with Gasteiger partial charge in [-0.3, -0.25) is 4.79 Å². The Morgan fingerprint density at radius 1 is 1.12 bits per heavy atom. The lowest BCUT2D eigenvalue weighted by atomic mass is 10.4. The fraction of sp³-hybridized carbons (Fsp3) is 0.750. The number of hydrazine groups is 1. The molecule has 0 heterocycles. The Kier molecular flexibility index (Phi) is 7.38. The van der Waals surface area contributed by atoms with Crippen LogP contribution in [0.5, 0.6) is 0 Å². The van der Waals surface area contributed by atoms with E-state index in [1.807, 2.05) is 0 Å². The summed E-state index contributed by atoms with van der Waals surface area (Å²) in [5.74, 6) is 4.68. The molecular weight excluding hydrogens is 216 g/mol. The van der Waals surface area contributed by atoms with Crippen molar-refractivity contribution in [2.45, 2.75) is 6.42 Å². The number of rotatable bonds is 6. The third kappa shape index (κ3) is 4.53. The van der Waals surface area contributed by atoms with Gasteiger partial charge in [0.15, 0.2) is 0 Å². The zero-order chi connectivity index (χ0) is 12.6. The molecule has 0 saturated carbocycles. The SMILES string of the molecule is NCCC(=O)N(N)C(=O)N(CCO)CCO. The minimum absolute atomic E-state index is 0.00297. The number of hydrogen-bond donors (Lipinski definition) is 4. The van der Waals surface area contributed by atoms with Crippen LogP contribution < -0.4 is 11.6 Å². The van der Waals surface area contributed by atoms with Crippen LogP contribution in [0, 0.1) is 0 Å². The van der Waals surface area contributed by atoms with Gasteiger partial charge >= 0.3 is 6.03 Å². The van der Waals surface area contributed by atoms with E-state index in [9.17, 15) is 9.59 Å². The largest absolute Gasteiger partial charge is 0.395 e. The first kappa shape index (κ1) is 14.8. The predicted molar refractivity (Wildman–Crippen MR) is 55.8 cm³/mol. The van der Waals surface area contributed by atoms with Gasteiger partial charge < -0.3 is 20.8 Å². The first-order valence-corrected chi connectivity index (χ1v) is 4.86. The van der Waals surface area contributed by atoms with Gasteiger partial charge in [-0.05, 0) is 0 Å². The molecule has 6 N–H and O–H groups in total. The molecule has 0 unspecified atom stereocenters. The van der Waals surface area contributed by atoms with Crippen molar-refractivity contribution in [2.75, 3.05) is 32.8 Å². The lowest BCUT2D eigenvalue weighted by Gasteiger charge is -2.25. The molecule has 0 spiro atoms. The molecule has 16 heavy (non-hydrogen) atoms. The van der Waals surface area contributed by atoms with Gasteiger partial charge in [-0.1, -0.05) is 0 Å². The highest BCUT2D eigenvalue weighted by molar-refractivity contribution is 5.93. The van der Waals surface area contributed by atoms with Gasteiger partial charge in [0.2, 0.25) is 5.91 Å². The first-order chi connectivity index (χ1) is 7.58. The molecule has 0 rings (SSSR count). The second kappa shape index (κ2) is 7.99. The number of urea groups is 1. The molecule has 8 heteroatoms. The van der Waals surface area contributed by atoms with Crippen molar-refractivity contribution in [2.24, 2.45) is 11.6 Å². The number of imide groups is 1. The van der Waals surface area contributed by atoms with E-state index in [0.717, 1.165) is 4.90 Å². The Balaban J connectivity index is 4.40.